The second-order valence-electron chi connectivity index (χ2n) is 5.28. The van der Waals surface area contributed by atoms with Crippen LogP contribution in [-0.2, 0) is 20.0 Å². The van der Waals surface area contributed by atoms with Gasteiger partial charge in [-0.25, -0.2) is 8.42 Å². The van der Waals surface area contributed by atoms with Gasteiger partial charge in [0.05, 0.1) is 11.2 Å². The number of hydrogen-bond acceptors (Lipinski definition) is 6. The highest BCUT2D eigenvalue weighted by Gasteiger charge is 2.20. The number of furan rings is 1. The summed E-state index contributed by atoms with van der Waals surface area (Å²) in [5.74, 6) is 0.0201. The van der Waals surface area contributed by atoms with Gasteiger partial charge in [0.2, 0.25) is 9.84 Å². The van der Waals surface area contributed by atoms with Crippen molar-refractivity contribution in [3.05, 3.63) is 72.7 Å². The van der Waals surface area contributed by atoms with Gasteiger partial charge in [-0.3, -0.25) is 0 Å². The van der Waals surface area contributed by atoms with E-state index in [4.69, 9.17) is 8.60 Å². The number of aryl methyl sites for hydroxylation is 1. The molecule has 0 atom stereocenters. The number of hydrogen-bond donors (Lipinski definition) is 0. The van der Waals surface area contributed by atoms with Gasteiger partial charge in [-0.1, -0.05) is 17.7 Å². The first-order chi connectivity index (χ1) is 11.8. The van der Waals surface area contributed by atoms with Crippen molar-refractivity contribution in [1.29, 1.82) is 0 Å². The first kappa shape index (κ1) is 17.2. The second-order valence-corrected chi connectivity index (χ2v) is 8.78. The van der Waals surface area contributed by atoms with Crippen molar-refractivity contribution in [3.63, 3.8) is 0 Å². The first-order valence-electron chi connectivity index (χ1n) is 7.17. The van der Waals surface area contributed by atoms with Gasteiger partial charge in [-0.2, -0.15) is 8.42 Å². The van der Waals surface area contributed by atoms with Crippen LogP contribution in [-0.4, -0.2) is 16.8 Å². The van der Waals surface area contributed by atoms with E-state index >= 15 is 0 Å². The summed E-state index contributed by atoms with van der Waals surface area (Å²) in [6.45, 7) is 1.84. The van der Waals surface area contributed by atoms with E-state index in [0.717, 1.165) is 11.8 Å². The van der Waals surface area contributed by atoms with Crippen LogP contribution >= 0.6 is 0 Å². The summed E-state index contributed by atoms with van der Waals surface area (Å²) in [6, 6.07) is 12.7. The van der Waals surface area contributed by atoms with Crippen LogP contribution in [0.15, 0.2) is 86.2 Å². The summed E-state index contributed by atoms with van der Waals surface area (Å²) >= 11 is 0. The van der Waals surface area contributed by atoms with Crippen LogP contribution in [0.25, 0.3) is 0 Å². The van der Waals surface area contributed by atoms with Crippen LogP contribution in [0.3, 0.4) is 0 Å². The van der Waals surface area contributed by atoms with Gasteiger partial charge in [-0.15, -0.1) is 0 Å². The highest BCUT2D eigenvalue weighted by atomic mass is 32.2. The Morgan fingerprint density at radius 2 is 1.36 bits per heavy atom. The van der Waals surface area contributed by atoms with E-state index in [0.29, 0.717) is 0 Å². The molecule has 0 N–H and O–H groups in total. The summed E-state index contributed by atoms with van der Waals surface area (Å²) < 4.78 is 58.9. The van der Waals surface area contributed by atoms with Gasteiger partial charge in [0.15, 0.2) is 0 Å². The fraction of sp³-hybridized carbons (Fsp3) is 0.0588. The van der Waals surface area contributed by atoms with Crippen molar-refractivity contribution in [2.45, 2.75) is 21.6 Å². The van der Waals surface area contributed by atoms with Crippen LogP contribution in [0.2, 0.25) is 0 Å². The molecule has 0 amide bonds. The van der Waals surface area contributed by atoms with Crippen molar-refractivity contribution in [1.82, 2.24) is 0 Å². The lowest BCUT2D eigenvalue weighted by atomic mass is 10.2. The Morgan fingerprint density at radius 3 is 1.92 bits per heavy atom. The Bertz CT molecular complexity index is 1060. The highest BCUT2D eigenvalue weighted by Crippen LogP contribution is 2.25. The normalized spacial score (nSPS) is 12.0. The molecule has 1 heterocycles. The molecule has 0 bridgehead atoms. The SMILES string of the molecule is Cc1ccc(S(=O)(=O)Oc2ccc(S(=O)(=O)c3ccoc3)cc2)cc1. The van der Waals surface area contributed by atoms with Crippen molar-refractivity contribution in [3.8, 4) is 5.75 Å². The Labute approximate surface area is 145 Å². The largest absolute Gasteiger partial charge is 0.471 e. The molecule has 1 aromatic heterocycles. The maximum atomic E-state index is 12.3. The quantitative estimate of drug-likeness (QED) is 0.633. The highest BCUT2D eigenvalue weighted by molar-refractivity contribution is 7.91. The second kappa shape index (κ2) is 6.38. The molecule has 0 saturated heterocycles. The molecule has 3 aromatic rings. The molecule has 3 rings (SSSR count). The first-order valence-corrected chi connectivity index (χ1v) is 10.1. The molecule has 0 aliphatic heterocycles. The number of rotatable bonds is 5. The lowest BCUT2D eigenvalue weighted by molar-refractivity contribution is 0.486. The zero-order valence-corrected chi connectivity index (χ0v) is 14.7. The molecule has 0 radical (unpaired) electrons. The molecule has 8 heteroatoms. The predicted molar refractivity (Wildman–Crippen MR) is 89.6 cm³/mol. The van der Waals surface area contributed by atoms with E-state index in [1.165, 1.54) is 48.7 Å². The van der Waals surface area contributed by atoms with Crippen LogP contribution in [0.4, 0.5) is 0 Å². The molecule has 0 fully saturated rings. The number of sulfone groups is 1. The van der Waals surface area contributed by atoms with Crippen LogP contribution in [0, 0.1) is 6.92 Å². The average molecular weight is 378 g/mol. The predicted octanol–water partition coefficient (Wildman–Crippen LogP) is 3.19. The van der Waals surface area contributed by atoms with E-state index < -0.39 is 20.0 Å². The monoisotopic (exact) mass is 378 g/mol. The third-order valence-electron chi connectivity index (χ3n) is 3.45. The lowest BCUT2D eigenvalue weighted by Gasteiger charge is -2.08. The molecule has 0 aliphatic rings. The summed E-state index contributed by atoms with van der Waals surface area (Å²) in [5, 5.41) is 0. The summed E-state index contributed by atoms with van der Waals surface area (Å²) in [5.41, 5.74) is 0.924. The zero-order valence-electron chi connectivity index (χ0n) is 13.1. The van der Waals surface area contributed by atoms with Crippen LogP contribution < -0.4 is 4.18 Å². The summed E-state index contributed by atoms with van der Waals surface area (Å²) in [7, 11) is -7.70. The topological polar surface area (TPSA) is 90.7 Å². The minimum absolute atomic E-state index is 0.00832. The maximum absolute atomic E-state index is 12.3. The maximum Gasteiger partial charge on any atom is 0.339 e. The van der Waals surface area contributed by atoms with E-state index in [2.05, 4.69) is 0 Å². The van der Waals surface area contributed by atoms with E-state index in [1.807, 2.05) is 6.92 Å². The smallest absolute Gasteiger partial charge is 0.339 e. The van der Waals surface area contributed by atoms with Crippen molar-refractivity contribution in [2.24, 2.45) is 0 Å². The van der Waals surface area contributed by atoms with Crippen molar-refractivity contribution < 1.29 is 25.4 Å². The van der Waals surface area contributed by atoms with E-state index in [9.17, 15) is 16.8 Å². The molecule has 25 heavy (non-hydrogen) atoms. The molecule has 0 spiro atoms. The van der Waals surface area contributed by atoms with Gasteiger partial charge >= 0.3 is 10.1 Å². The van der Waals surface area contributed by atoms with Gasteiger partial charge in [0.25, 0.3) is 0 Å². The Hall–Kier alpha value is -2.58. The lowest BCUT2D eigenvalue weighted by Crippen LogP contribution is -2.10. The third kappa shape index (κ3) is 3.59. The Kier molecular flexibility index (Phi) is 4.40. The summed E-state index contributed by atoms with van der Waals surface area (Å²) in [4.78, 5) is 0.0515. The third-order valence-corrected chi connectivity index (χ3v) is 6.46. The minimum atomic E-state index is -3.99. The Balaban J connectivity index is 1.85. The Morgan fingerprint density at radius 1 is 0.760 bits per heavy atom. The molecule has 6 nitrogen and oxygen atoms in total. The summed E-state index contributed by atoms with van der Waals surface area (Å²) in [6.07, 6.45) is 2.39. The molecule has 2 aromatic carbocycles. The minimum Gasteiger partial charge on any atom is -0.471 e. The van der Waals surface area contributed by atoms with Crippen molar-refractivity contribution in [2.75, 3.05) is 0 Å². The molecular weight excluding hydrogens is 364 g/mol. The van der Waals surface area contributed by atoms with E-state index in [-0.39, 0.29) is 20.4 Å². The van der Waals surface area contributed by atoms with Gasteiger partial charge < -0.3 is 8.60 Å². The fourth-order valence-corrected chi connectivity index (χ4v) is 4.21. The fourth-order valence-electron chi connectivity index (χ4n) is 2.10. The van der Waals surface area contributed by atoms with Gasteiger partial charge in [-0.05, 0) is 49.4 Å². The average Bonchev–Trinajstić information content (AvgIpc) is 3.11. The molecule has 0 unspecified atom stereocenters. The van der Waals surface area contributed by atoms with Crippen LogP contribution in [0.1, 0.15) is 5.56 Å². The van der Waals surface area contributed by atoms with Gasteiger partial charge in [0, 0.05) is 0 Å². The molecule has 0 saturated carbocycles. The van der Waals surface area contributed by atoms with Gasteiger partial charge in [0.1, 0.15) is 21.8 Å². The molecular formula is C17H14O6S2. The van der Waals surface area contributed by atoms with E-state index in [1.54, 1.807) is 12.1 Å². The standard InChI is InChI=1S/C17H14O6S2/c1-13-2-6-16(7-3-13)25(20,21)23-14-4-8-15(9-5-14)24(18,19)17-10-11-22-12-17/h2-12H,1H3. The molecule has 130 valence electrons. The van der Waals surface area contributed by atoms with Crippen molar-refractivity contribution >= 4 is 20.0 Å². The van der Waals surface area contributed by atoms with Crippen LogP contribution in [0.5, 0.6) is 5.75 Å². The zero-order chi connectivity index (χ0) is 18.1. The molecule has 0 aliphatic carbocycles. The number of benzene rings is 2.